The van der Waals surface area contributed by atoms with Gasteiger partial charge < -0.3 is 14.2 Å². The van der Waals surface area contributed by atoms with Crippen molar-refractivity contribution in [1.82, 2.24) is 5.43 Å². The molecular weight excluding hydrogens is 567 g/mol. The maximum atomic E-state index is 12.8. The van der Waals surface area contributed by atoms with Crippen molar-refractivity contribution >= 4 is 47.3 Å². The quantitative estimate of drug-likeness (QED) is 0.0975. The Hall–Kier alpha value is -4.66. The number of ether oxygens (including phenoxy) is 3. The number of nitrogens with one attached hydrogen (secondary N) is 1. The van der Waals surface area contributed by atoms with E-state index in [1.165, 1.54) is 48.7 Å². The molecule has 4 rings (SSSR count). The minimum Gasteiger partial charge on any atom is -0.484 e. The van der Waals surface area contributed by atoms with Crippen molar-refractivity contribution in [2.24, 2.45) is 5.10 Å². The highest BCUT2D eigenvalue weighted by molar-refractivity contribution is 6.31. The molecule has 8 nitrogen and oxygen atoms in total. The second-order valence-electron chi connectivity index (χ2n) is 8.57. The van der Waals surface area contributed by atoms with Gasteiger partial charge >= 0.3 is 11.9 Å². The Morgan fingerprint density at radius 1 is 0.756 bits per heavy atom. The summed E-state index contributed by atoms with van der Waals surface area (Å²) in [5.74, 6) is -1.08. The Morgan fingerprint density at radius 3 is 1.90 bits per heavy atom. The number of carbonyl (C=O) groups excluding carboxylic acids is 3. The molecule has 0 radical (unpaired) electrons. The molecule has 208 valence electrons. The first-order valence-electron chi connectivity index (χ1n) is 12.4. The molecular formula is C31H24Cl2N2O6. The molecule has 41 heavy (non-hydrogen) atoms. The van der Waals surface area contributed by atoms with Gasteiger partial charge in [0.15, 0.2) is 6.61 Å². The van der Waals surface area contributed by atoms with Gasteiger partial charge in [-0.1, -0.05) is 42.3 Å². The summed E-state index contributed by atoms with van der Waals surface area (Å²) in [5.41, 5.74) is 4.39. The molecule has 10 heteroatoms. The van der Waals surface area contributed by atoms with Crippen LogP contribution in [0.2, 0.25) is 10.0 Å². The molecule has 0 fully saturated rings. The second kappa shape index (κ2) is 14.1. The molecule has 1 amide bonds. The van der Waals surface area contributed by atoms with E-state index in [0.29, 0.717) is 21.4 Å². The highest BCUT2D eigenvalue weighted by Gasteiger charge is 2.15. The number of nitrogens with zero attached hydrogens (tertiary/aromatic N) is 1. The smallest absolute Gasteiger partial charge is 0.343 e. The van der Waals surface area contributed by atoms with Gasteiger partial charge in [0.2, 0.25) is 0 Å². The van der Waals surface area contributed by atoms with Crippen LogP contribution in [0.3, 0.4) is 0 Å². The number of aryl methyl sites for hydroxylation is 1. The van der Waals surface area contributed by atoms with Gasteiger partial charge in [-0.15, -0.1) is 0 Å². The Labute approximate surface area is 246 Å². The second-order valence-corrected chi connectivity index (χ2v) is 9.44. The normalized spacial score (nSPS) is 10.7. The third-order valence-electron chi connectivity index (χ3n) is 5.65. The average molecular weight is 591 g/mol. The fraction of sp³-hybridized carbons (Fsp3) is 0.0968. The molecule has 0 aromatic heterocycles. The molecule has 0 saturated heterocycles. The van der Waals surface area contributed by atoms with Crippen LogP contribution >= 0.6 is 23.2 Å². The highest BCUT2D eigenvalue weighted by Crippen LogP contribution is 2.26. The zero-order chi connectivity index (χ0) is 29.2. The van der Waals surface area contributed by atoms with Crippen LogP contribution in [0.4, 0.5) is 0 Å². The first-order chi connectivity index (χ1) is 19.8. The van der Waals surface area contributed by atoms with Crippen molar-refractivity contribution in [3.63, 3.8) is 0 Å². The number of esters is 2. The van der Waals surface area contributed by atoms with Gasteiger partial charge in [0, 0.05) is 21.7 Å². The van der Waals surface area contributed by atoms with Crippen molar-refractivity contribution in [2.45, 2.75) is 13.3 Å². The van der Waals surface area contributed by atoms with Gasteiger partial charge in [0.1, 0.15) is 17.2 Å². The zero-order valence-corrected chi connectivity index (χ0v) is 23.3. The van der Waals surface area contributed by atoms with Gasteiger partial charge in [0.25, 0.3) is 5.91 Å². The monoisotopic (exact) mass is 590 g/mol. The van der Waals surface area contributed by atoms with E-state index in [-0.39, 0.29) is 29.2 Å². The van der Waals surface area contributed by atoms with Gasteiger partial charge in [-0.2, -0.15) is 5.10 Å². The van der Waals surface area contributed by atoms with Gasteiger partial charge in [-0.3, -0.25) is 4.79 Å². The third-order valence-corrected chi connectivity index (χ3v) is 6.16. The van der Waals surface area contributed by atoms with Crippen LogP contribution in [-0.2, 0) is 11.2 Å². The van der Waals surface area contributed by atoms with Crippen molar-refractivity contribution in [2.75, 3.05) is 6.61 Å². The maximum absolute atomic E-state index is 12.8. The van der Waals surface area contributed by atoms with E-state index in [1.807, 2.05) is 19.1 Å². The topological polar surface area (TPSA) is 103 Å². The Balaban J connectivity index is 1.46. The molecule has 0 heterocycles. The third kappa shape index (κ3) is 8.66. The predicted molar refractivity (Wildman–Crippen MR) is 156 cm³/mol. The number of benzene rings is 4. The zero-order valence-electron chi connectivity index (χ0n) is 21.8. The molecule has 0 aliphatic carbocycles. The molecule has 1 N–H and O–H groups in total. The number of hydrogen-bond donors (Lipinski definition) is 1. The number of rotatable bonds is 10. The van der Waals surface area contributed by atoms with Crippen LogP contribution in [0, 0.1) is 0 Å². The van der Waals surface area contributed by atoms with Gasteiger partial charge in [0.05, 0.1) is 17.3 Å². The summed E-state index contributed by atoms with van der Waals surface area (Å²) < 4.78 is 16.5. The summed E-state index contributed by atoms with van der Waals surface area (Å²) in [6, 6.07) is 24.2. The molecule has 0 aliphatic heterocycles. The van der Waals surface area contributed by atoms with E-state index in [9.17, 15) is 14.4 Å². The van der Waals surface area contributed by atoms with E-state index in [2.05, 4.69) is 10.5 Å². The minimum absolute atomic E-state index is 0.0385. The van der Waals surface area contributed by atoms with Crippen LogP contribution < -0.4 is 19.6 Å². The van der Waals surface area contributed by atoms with Crippen molar-refractivity contribution in [3.8, 4) is 17.2 Å². The van der Waals surface area contributed by atoms with E-state index in [0.717, 1.165) is 12.0 Å². The lowest BCUT2D eigenvalue weighted by atomic mass is 10.2. The number of hydrazone groups is 1. The van der Waals surface area contributed by atoms with Gasteiger partial charge in [-0.05, 0) is 84.8 Å². The van der Waals surface area contributed by atoms with Gasteiger partial charge in [-0.25, -0.2) is 15.0 Å². The van der Waals surface area contributed by atoms with Crippen LogP contribution in [0.15, 0.2) is 96.1 Å². The standard InChI is InChI=1S/C31H24Cl2N2O6/c1-2-20-3-14-26(15-4-20)39-19-29(36)35-34-18-23-9-16-27(40-30(37)21-5-10-24(32)11-6-21)17-28(23)41-31(38)22-7-12-25(33)13-8-22/h3-18H,2,19H2,1H3,(H,35,36). The molecule has 0 unspecified atom stereocenters. The number of carbonyl (C=O) groups is 3. The van der Waals surface area contributed by atoms with E-state index in [1.54, 1.807) is 36.4 Å². The molecule has 0 aliphatic rings. The van der Waals surface area contributed by atoms with E-state index >= 15 is 0 Å². The number of hydrogen-bond acceptors (Lipinski definition) is 7. The lowest BCUT2D eigenvalue weighted by Gasteiger charge is -2.11. The SMILES string of the molecule is CCc1ccc(OCC(=O)NN=Cc2ccc(OC(=O)c3ccc(Cl)cc3)cc2OC(=O)c2ccc(Cl)cc2)cc1. The lowest BCUT2D eigenvalue weighted by molar-refractivity contribution is -0.123. The number of halogens is 2. The minimum atomic E-state index is -0.677. The summed E-state index contributed by atoms with van der Waals surface area (Å²) in [6.07, 6.45) is 2.20. The predicted octanol–water partition coefficient (Wildman–Crippen LogP) is 6.52. The van der Waals surface area contributed by atoms with Crippen molar-refractivity contribution in [1.29, 1.82) is 0 Å². The van der Waals surface area contributed by atoms with E-state index < -0.39 is 17.8 Å². The first-order valence-corrected chi connectivity index (χ1v) is 13.2. The Bertz CT molecular complexity index is 1550. The maximum Gasteiger partial charge on any atom is 0.343 e. The summed E-state index contributed by atoms with van der Waals surface area (Å²) in [5, 5.41) is 4.89. The fourth-order valence-electron chi connectivity index (χ4n) is 3.45. The van der Waals surface area contributed by atoms with Crippen molar-refractivity contribution in [3.05, 3.63) is 123 Å². The average Bonchev–Trinajstić information content (AvgIpc) is 2.98. The van der Waals surface area contributed by atoms with Crippen LogP contribution in [0.25, 0.3) is 0 Å². The molecule has 0 saturated carbocycles. The molecule has 0 bridgehead atoms. The van der Waals surface area contributed by atoms with E-state index in [4.69, 9.17) is 37.4 Å². The van der Waals surface area contributed by atoms with Crippen LogP contribution in [0.1, 0.15) is 38.8 Å². The van der Waals surface area contributed by atoms with Crippen LogP contribution in [-0.4, -0.2) is 30.7 Å². The summed E-state index contributed by atoms with van der Waals surface area (Å²) in [7, 11) is 0. The summed E-state index contributed by atoms with van der Waals surface area (Å²) in [4.78, 5) is 37.6. The molecule has 4 aromatic rings. The summed E-state index contributed by atoms with van der Waals surface area (Å²) in [6.45, 7) is 1.80. The Morgan fingerprint density at radius 2 is 1.32 bits per heavy atom. The number of amides is 1. The fourth-order valence-corrected chi connectivity index (χ4v) is 3.70. The lowest BCUT2D eigenvalue weighted by Crippen LogP contribution is -2.24. The summed E-state index contributed by atoms with van der Waals surface area (Å²) >= 11 is 11.8. The van der Waals surface area contributed by atoms with Crippen molar-refractivity contribution < 1.29 is 28.6 Å². The molecule has 4 aromatic carbocycles. The Kier molecular flexibility index (Phi) is 10.1. The highest BCUT2D eigenvalue weighted by atomic mass is 35.5. The van der Waals surface area contributed by atoms with Crippen LogP contribution in [0.5, 0.6) is 17.2 Å². The molecule has 0 atom stereocenters. The first kappa shape index (κ1) is 29.3. The molecule has 0 spiro atoms. The largest absolute Gasteiger partial charge is 0.484 e.